The molecule has 0 radical (unpaired) electrons. The highest BCUT2D eigenvalue weighted by Gasteiger charge is 2.36. The van der Waals surface area contributed by atoms with Gasteiger partial charge in [0.05, 0.1) is 12.1 Å². The Morgan fingerprint density at radius 3 is 2.57 bits per heavy atom. The quantitative estimate of drug-likeness (QED) is 0.797. The van der Waals surface area contributed by atoms with Crippen molar-refractivity contribution in [3.63, 3.8) is 0 Å². The van der Waals surface area contributed by atoms with Gasteiger partial charge in [-0.1, -0.05) is 24.4 Å². The first-order chi connectivity index (χ1) is 9.96. The summed E-state index contributed by atoms with van der Waals surface area (Å²) in [6.45, 7) is 5.38. The molecule has 1 aromatic rings. The number of nitrogens with one attached hydrogen (secondary N) is 2. The second kappa shape index (κ2) is 6.47. The van der Waals surface area contributed by atoms with Crippen LogP contribution in [0, 0.1) is 19.8 Å². The van der Waals surface area contributed by atoms with E-state index in [0.717, 1.165) is 25.7 Å². The van der Waals surface area contributed by atoms with Crippen LogP contribution in [0.4, 0.5) is 10.5 Å². The summed E-state index contributed by atoms with van der Waals surface area (Å²) in [7, 11) is 0. The molecule has 0 spiro atoms. The van der Waals surface area contributed by atoms with Crippen molar-refractivity contribution in [3.8, 4) is 0 Å². The number of rotatable bonds is 4. The van der Waals surface area contributed by atoms with Gasteiger partial charge in [0.2, 0.25) is 0 Å². The monoisotopic (exact) mass is 295 g/mol. The van der Waals surface area contributed by atoms with E-state index in [9.17, 15) is 9.90 Å². The Labute approximate surface area is 125 Å². The average molecular weight is 295 g/mol. The minimum atomic E-state index is -0.594. The van der Waals surface area contributed by atoms with Crippen LogP contribution in [-0.2, 0) is 0 Å². The molecule has 0 aliphatic heterocycles. The van der Waals surface area contributed by atoms with Gasteiger partial charge in [-0.2, -0.15) is 0 Å². The van der Waals surface area contributed by atoms with E-state index in [-0.39, 0.29) is 12.6 Å². The van der Waals surface area contributed by atoms with Crippen molar-refractivity contribution in [2.75, 3.05) is 11.9 Å². The topological polar surface area (TPSA) is 87.4 Å². The van der Waals surface area contributed by atoms with Gasteiger partial charge in [0, 0.05) is 0 Å². The van der Waals surface area contributed by atoms with Crippen molar-refractivity contribution in [2.24, 2.45) is 5.92 Å². The molecule has 1 saturated carbocycles. The van der Waals surface area contributed by atoms with Crippen molar-refractivity contribution in [1.82, 2.24) is 10.5 Å². The molecule has 1 aliphatic rings. The molecule has 0 bridgehead atoms. The summed E-state index contributed by atoms with van der Waals surface area (Å²) in [6.07, 6.45) is 5.65. The third-order valence-corrected chi connectivity index (χ3v) is 4.51. The number of hydrogen-bond acceptors (Lipinski definition) is 4. The highest BCUT2D eigenvalue weighted by Crippen LogP contribution is 2.32. The zero-order valence-corrected chi connectivity index (χ0v) is 13.0. The normalized spacial score (nSPS) is 19.0. The summed E-state index contributed by atoms with van der Waals surface area (Å²) in [4.78, 5) is 12.2. The SMILES string of the molecule is Cc1noc(C)c1NC(=O)NC(C)(CO)C1CCCCC1. The molecule has 0 aromatic carbocycles. The zero-order chi connectivity index (χ0) is 15.5. The minimum Gasteiger partial charge on any atom is -0.394 e. The zero-order valence-electron chi connectivity index (χ0n) is 13.0. The van der Waals surface area contributed by atoms with Crippen LogP contribution in [0.15, 0.2) is 4.52 Å². The molecule has 0 saturated heterocycles. The molecule has 1 unspecified atom stereocenters. The van der Waals surface area contributed by atoms with Crippen LogP contribution in [0.25, 0.3) is 0 Å². The second-order valence-corrected chi connectivity index (χ2v) is 6.19. The standard InChI is InChI=1S/C15H25N3O3/c1-10-13(11(2)21-18-10)16-14(20)17-15(3,9-19)12-7-5-4-6-8-12/h12,19H,4-9H2,1-3H3,(H2,16,17,20). The van der Waals surface area contributed by atoms with Gasteiger partial charge in [0.1, 0.15) is 11.4 Å². The lowest BCUT2D eigenvalue weighted by Crippen LogP contribution is -2.55. The van der Waals surface area contributed by atoms with Crippen LogP contribution in [0.1, 0.15) is 50.5 Å². The molecule has 6 nitrogen and oxygen atoms in total. The van der Waals surface area contributed by atoms with Gasteiger partial charge >= 0.3 is 6.03 Å². The smallest absolute Gasteiger partial charge is 0.319 e. The lowest BCUT2D eigenvalue weighted by atomic mass is 9.76. The summed E-state index contributed by atoms with van der Waals surface area (Å²) in [5.41, 5.74) is 0.645. The number of hydrogen-bond donors (Lipinski definition) is 3. The highest BCUT2D eigenvalue weighted by molar-refractivity contribution is 5.90. The largest absolute Gasteiger partial charge is 0.394 e. The lowest BCUT2D eigenvalue weighted by molar-refractivity contribution is 0.103. The van der Waals surface area contributed by atoms with Gasteiger partial charge in [-0.15, -0.1) is 0 Å². The van der Waals surface area contributed by atoms with Crippen LogP contribution in [0.3, 0.4) is 0 Å². The van der Waals surface area contributed by atoms with Gasteiger partial charge < -0.3 is 20.3 Å². The maximum Gasteiger partial charge on any atom is 0.319 e. The lowest BCUT2D eigenvalue weighted by Gasteiger charge is -2.39. The van der Waals surface area contributed by atoms with Gasteiger partial charge in [-0.05, 0) is 39.5 Å². The van der Waals surface area contributed by atoms with E-state index in [1.807, 2.05) is 6.92 Å². The maximum absolute atomic E-state index is 12.2. The molecule has 21 heavy (non-hydrogen) atoms. The summed E-state index contributed by atoms with van der Waals surface area (Å²) >= 11 is 0. The summed E-state index contributed by atoms with van der Waals surface area (Å²) in [5.74, 6) is 0.887. The van der Waals surface area contributed by atoms with Crippen molar-refractivity contribution in [3.05, 3.63) is 11.5 Å². The Morgan fingerprint density at radius 2 is 2.05 bits per heavy atom. The van der Waals surface area contributed by atoms with Crippen LogP contribution >= 0.6 is 0 Å². The Hall–Kier alpha value is -1.56. The third-order valence-electron chi connectivity index (χ3n) is 4.51. The predicted octanol–water partition coefficient (Wildman–Crippen LogP) is 2.74. The number of aliphatic hydroxyl groups is 1. The van der Waals surface area contributed by atoms with Crippen LogP contribution in [0.5, 0.6) is 0 Å². The molecule has 1 fully saturated rings. The third kappa shape index (κ3) is 3.56. The number of amides is 2. The molecular weight excluding hydrogens is 270 g/mol. The Balaban J connectivity index is 2.02. The number of urea groups is 1. The van der Waals surface area contributed by atoms with E-state index in [2.05, 4.69) is 15.8 Å². The Morgan fingerprint density at radius 1 is 1.38 bits per heavy atom. The molecular formula is C15H25N3O3. The molecule has 3 N–H and O–H groups in total. The van der Waals surface area contributed by atoms with Gasteiger partial charge in [0.25, 0.3) is 0 Å². The van der Waals surface area contributed by atoms with Crippen LogP contribution < -0.4 is 10.6 Å². The number of anilines is 1. The van der Waals surface area contributed by atoms with Gasteiger partial charge in [-0.3, -0.25) is 0 Å². The number of carbonyl (C=O) groups is 1. The van der Waals surface area contributed by atoms with Crippen molar-refractivity contribution in [1.29, 1.82) is 0 Å². The van der Waals surface area contributed by atoms with Gasteiger partial charge in [-0.25, -0.2) is 4.79 Å². The fraction of sp³-hybridized carbons (Fsp3) is 0.733. The van der Waals surface area contributed by atoms with E-state index in [1.165, 1.54) is 6.42 Å². The molecule has 2 amide bonds. The summed E-state index contributed by atoms with van der Waals surface area (Å²) < 4.78 is 5.03. The maximum atomic E-state index is 12.2. The average Bonchev–Trinajstić information content (AvgIpc) is 2.80. The number of aryl methyl sites for hydroxylation is 2. The van der Waals surface area contributed by atoms with Crippen molar-refractivity contribution < 1.29 is 14.4 Å². The second-order valence-electron chi connectivity index (χ2n) is 6.19. The van der Waals surface area contributed by atoms with Crippen molar-refractivity contribution >= 4 is 11.7 Å². The van der Waals surface area contributed by atoms with E-state index in [0.29, 0.717) is 23.1 Å². The first kappa shape index (κ1) is 15.8. The molecule has 118 valence electrons. The molecule has 1 aromatic heterocycles. The van der Waals surface area contributed by atoms with E-state index >= 15 is 0 Å². The molecule has 1 aliphatic carbocycles. The Kier molecular flexibility index (Phi) is 4.88. The molecule has 1 heterocycles. The number of aliphatic hydroxyl groups excluding tert-OH is 1. The first-order valence-electron chi connectivity index (χ1n) is 7.59. The van der Waals surface area contributed by atoms with Crippen molar-refractivity contribution in [2.45, 2.75) is 58.4 Å². The number of carbonyl (C=O) groups excluding carboxylic acids is 1. The highest BCUT2D eigenvalue weighted by atomic mass is 16.5. The Bertz CT molecular complexity index is 475. The van der Waals surface area contributed by atoms with E-state index in [4.69, 9.17) is 4.52 Å². The number of aromatic nitrogens is 1. The summed E-state index contributed by atoms with van der Waals surface area (Å²) in [5, 5.41) is 19.3. The van der Waals surface area contributed by atoms with Crippen LogP contribution in [-0.4, -0.2) is 28.4 Å². The fourth-order valence-corrected chi connectivity index (χ4v) is 3.08. The van der Waals surface area contributed by atoms with Gasteiger partial charge in [0.15, 0.2) is 5.76 Å². The fourth-order valence-electron chi connectivity index (χ4n) is 3.08. The molecule has 1 atom stereocenters. The minimum absolute atomic E-state index is 0.0628. The summed E-state index contributed by atoms with van der Waals surface area (Å²) in [6, 6.07) is -0.327. The number of nitrogens with zero attached hydrogens (tertiary/aromatic N) is 1. The molecule has 2 rings (SSSR count). The first-order valence-corrected chi connectivity index (χ1v) is 7.59. The predicted molar refractivity (Wildman–Crippen MR) is 80.2 cm³/mol. The van der Waals surface area contributed by atoms with E-state index < -0.39 is 5.54 Å². The van der Waals surface area contributed by atoms with Crippen LogP contribution in [0.2, 0.25) is 0 Å². The van der Waals surface area contributed by atoms with E-state index in [1.54, 1.807) is 13.8 Å². The molecule has 6 heteroatoms.